The zero-order valence-corrected chi connectivity index (χ0v) is 18.9. The smallest absolute Gasteiger partial charge is 0.253 e. The average molecular weight is 436 g/mol. The average Bonchev–Trinajstić information content (AvgIpc) is 3.29. The van der Waals surface area contributed by atoms with Crippen molar-refractivity contribution in [1.82, 2.24) is 15.2 Å². The van der Waals surface area contributed by atoms with Gasteiger partial charge in [-0.2, -0.15) is 0 Å². The summed E-state index contributed by atoms with van der Waals surface area (Å²) in [4.78, 5) is 18.0. The lowest BCUT2D eigenvalue weighted by molar-refractivity contribution is 0.0896. The minimum absolute atomic E-state index is 0.0654. The van der Waals surface area contributed by atoms with Gasteiger partial charge in [0.2, 0.25) is 0 Å². The van der Waals surface area contributed by atoms with Crippen LogP contribution in [-0.4, -0.2) is 34.3 Å². The van der Waals surface area contributed by atoms with Crippen molar-refractivity contribution in [3.05, 3.63) is 81.1 Å². The van der Waals surface area contributed by atoms with Crippen molar-refractivity contribution < 1.29 is 4.74 Å². The second-order valence-electron chi connectivity index (χ2n) is 8.26. The maximum atomic E-state index is 12.9. The van der Waals surface area contributed by atoms with E-state index < -0.39 is 0 Å². The fourth-order valence-electron chi connectivity index (χ4n) is 4.03. The molecule has 162 valence electrons. The molecule has 0 spiro atoms. The number of aryl methyl sites for hydroxylation is 2. The molecular formula is C25H29N3O2S. The predicted octanol–water partition coefficient (Wildman–Crippen LogP) is 4.20. The van der Waals surface area contributed by atoms with Gasteiger partial charge in [-0.3, -0.25) is 4.79 Å². The van der Waals surface area contributed by atoms with E-state index in [4.69, 9.17) is 17.0 Å². The van der Waals surface area contributed by atoms with Gasteiger partial charge in [-0.1, -0.05) is 42.5 Å². The molecule has 0 saturated carbocycles. The van der Waals surface area contributed by atoms with Crippen LogP contribution in [0.15, 0.2) is 53.3 Å². The maximum Gasteiger partial charge on any atom is 0.253 e. The molecule has 1 atom stereocenters. The zero-order valence-electron chi connectivity index (χ0n) is 18.1. The summed E-state index contributed by atoms with van der Waals surface area (Å²) in [6, 6.07) is 16.3. The van der Waals surface area contributed by atoms with Crippen LogP contribution in [0.5, 0.6) is 0 Å². The van der Waals surface area contributed by atoms with E-state index in [0.717, 1.165) is 41.5 Å². The van der Waals surface area contributed by atoms with Crippen LogP contribution in [0.2, 0.25) is 0 Å². The number of rotatable bonds is 6. The largest absolute Gasteiger partial charge is 0.376 e. The van der Waals surface area contributed by atoms with Gasteiger partial charge >= 0.3 is 0 Å². The number of hydrogen-bond acceptors (Lipinski definition) is 3. The quantitative estimate of drug-likeness (QED) is 0.569. The van der Waals surface area contributed by atoms with Crippen LogP contribution in [0.1, 0.15) is 35.1 Å². The standard InChI is InChI=1S/C25H29N3O2S/c1-17-10-11-20-13-21(24(29)27-23(20)18(17)2)15-28(16-22-9-6-12-30-22)25(31)26-14-19-7-4-3-5-8-19/h3-5,7-8,10-11,13,22H,6,9,12,14-16H2,1-2H3,(H,26,31)(H,27,29)/t22-/m1/s1. The van der Waals surface area contributed by atoms with E-state index >= 15 is 0 Å². The fraction of sp³-hybridized carbons (Fsp3) is 0.360. The minimum atomic E-state index is -0.0654. The number of hydrogen-bond donors (Lipinski definition) is 2. The summed E-state index contributed by atoms with van der Waals surface area (Å²) < 4.78 is 5.85. The number of nitrogens with zero attached hydrogens (tertiary/aromatic N) is 1. The first kappa shape index (κ1) is 21.5. The SMILES string of the molecule is Cc1ccc2cc(CN(C[C@H]3CCCO3)C(=S)NCc3ccccc3)c(=O)[nH]c2c1C. The van der Waals surface area contributed by atoms with Crippen LogP contribution in [-0.2, 0) is 17.8 Å². The van der Waals surface area contributed by atoms with Crippen LogP contribution in [0.3, 0.4) is 0 Å². The molecule has 6 heteroatoms. The van der Waals surface area contributed by atoms with E-state index in [1.165, 1.54) is 5.56 Å². The highest BCUT2D eigenvalue weighted by Gasteiger charge is 2.22. The second-order valence-corrected chi connectivity index (χ2v) is 8.64. The molecule has 2 aromatic carbocycles. The van der Waals surface area contributed by atoms with E-state index in [1.54, 1.807) is 0 Å². The number of ether oxygens (including phenoxy) is 1. The molecule has 1 aliphatic rings. The van der Waals surface area contributed by atoms with Crippen LogP contribution < -0.4 is 10.9 Å². The van der Waals surface area contributed by atoms with Gasteiger partial charge in [-0.25, -0.2) is 0 Å². The third-order valence-corrected chi connectivity index (χ3v) is 6.41. The number of H-pyrrole nitrogens is 1. The predicted molar refractivity (Wildman–Crippen MR) is 129 cm³/mol. The number of pyridine rings is 1. The minimum Gasteiger partial charge on any atom is -0.376 e. The van der Waals surface area contributed by atoms with Gasteiger partial charge < -0.3 is 19.9 Å². The lowest BCUT2D eigenvalue weighted by atomic mass is 10.0. The zero-order chi connectivity index (χ0) is 21.8. The van der Waals surface area contributed by atoms with Crippen molar-refractivity contribution >= 4 is 28.2 Å². The molecule has 2 N–H and O–H groups in total. The summed E-state index contributed by atoms with van der Waals surface area (Å²) in [6.45, 7) is 6.65. The molecule has 0 amide bonds. The van der Waals surface area contributed by atoms with E-state index in [9.17, 15) is 4.79 Å². The molecule has 5 nitrogen and oxygen atoms in total. The summed E-state index contributed by atoms with van der Waals surface area (Å²) in [7, 11) is 0. The van der Waals surface area contributed by atoms with Gasteiger partial charge in [0.05, 0.1) is 18.2 Å². The molecule has 1 saturated heterocycles. The first-order valence-electron chi connectivity index (χ1n) is 10.8. The van der Waals surface area contributed by atoms with Gasteiger partial charge in [0, 0.05) is 25.3 Å². The molecule has 0 unspecified atom stereocenters. The van der Waals surface area contributed by atoms with Gasteiger partial charge in [-0.05, 0) is 67.0 Å². The topological polar surface area (TPSA) is 57.4 Å². The Balaban J connectivity index is 1.56. The molecule has 1 aliphatic heterocycles. The highest BCUT2D eigenvalue weighted by Crippen LogP contribution is 2.20. The lowest BCUT2D eigenvalue weighted by Crippen LogP contribution is -2.43. The van der Waals surface area contributed by atoms with E-state index in [2.05, 4.69) is 46.4 Å². The highest BCUT2D eigenvalue weighted by molar-refractivity contribution is 7.80. The van der Waals surface area contributed by atoms with Crippen LogP contribution >= 0.6 is 12.2 Å². The summed E-state index contributed by atoms with van der Waals surface area (Å²) >= 11 is 5.73. The Labute approximate surface area is 188 Å². The Morgan fingerprint density at radius 2 is 2.03 bits per heavy atom. The van der Waals surface area contributed by atoms with Crippen molar-refractivity contribution in [3.8, 4) is 0 Å². The summed E-state index contributed by atoms with van der Waals surface area (Å²) in [6.07, 6.45) is 2.23. The molecule has 2 heterocycles. The molecule has 0 aliphatic carbocycles. The normalized spacial score (nSPS) is 15.9. The Morgan fingerprint density at radius 3 is 2.77 bits per heavy atom. The van der Waals surface area contributed by atoms with Gasteiger partial charge in [0.15, 0.2) is 5.11 Å². The molecule has 31 heavy (non-hydrogen) atoms. The van der Waals surface area contributed by atoms with Crippen molar-refractivity contribution in [2.24, 2.45) is 0 Å². The molecule has 3 aromatic rings. The first-order valence-corrected chi connectivity index (χ1v) is 11.2. The number of thiocarbonyl (C=S) groups is 1. The first-order chi connectivity index (χ1) is 15.0. The Hall–Kier alpha value is -2.70. The molecule has 4 rings (SSSR count). The van der Waals surface area contributed by atoms with Gasteiger partial charge in [-0.15, -0.1) is 0 Å². The molecule has 1 fully saturated rings. The summed E-state index contributed by atoms with van der Waals surface area (Å²) in [5, 5.41) is 5.03. The van der Waals surface area contributed by atoms with E-state index in [1.807, 2.05) is 31.2 Å². The molecule has 0 bridgehead atoms. The van der Waals surface area contributed by atoms with Crippen molar-refractivity contribution in [3.63, 3.8) is 0 Å². The number of nitrogens with one attached hydrogen (secondary N) is 2. The van der Waals surface area contributed by atoms with E-state index in [0.29, 0.717) is 30.3 Å². The Morgan fingerprint density at radius 1 is 1.23 bits per heavy atom. The van der Waals surface area contributed by atoms with Crippen LogP contribution in [0.25, 0.3) is 10.9 Å². The molecule has 0 radical (unpaired) electrons. The van der Waals surface area contributed by atoms with Gasteiger partial charge in [0.25, 0.3) is 5.56 Å². The van der Waals surface area contributed by atoms with Crippen molar-refractivity contribution in [1.29, 1.82) is 0 Å². The highest BCUT2D eigenvalue weighted by atomic mass is 32.1. The van der Waals surface area contributed by atoms with Crippen molar-refractivity contribution in [2.75, 3.05) is 13.2 Å². The number of aromatic nitrogens is 1. The number of aromatic amines is 1. The summed E-state index contributed by atoms with van der Waals surface area (Å²) in [5.74, 6) is 0. The van der Waals surface area contributed by atoms with Crippen LogP contribution in [0, 0.1) is 13.8 Å². The van der Waals surface area contributed by atoms with E-state index in [-0.39, 0.29) is 11.7 Å². The lowest BCUT2D eigenvalue weighted by Gasteiger charge is -2.28. The molecular weight excluding hydrogens is 406 g/mol. The second kappa shape index (κ2) is 9.62. The Bertz CT molecular complexity index is 1120. The van der Waals surface area contributed by atoms with Crippen LogP contribution in [0.4, 0.5) is 0 Å². The third-order valence-electron chi connectivity index (χ3n) is 6.01. The summed E-state index contributed by atoms with van der Waals surface area (Å²) in [5.41, 5.74) is 4.99. The fourth-order valence-corrected chi connectivity index (χ4v) is 4.24. The number of fused-ring (bicyclic) bond motifs is 1. The molecule has 1 aromatic heterocycles. The maximum absolute atomic E-state index is 12.9. The van der Waals surface area contributed by atoms with Crippen molar-refractivity contribution in [2.45, 2.75) is 45.9 Å². The third kappa shape index (κ3) is 5.14. The van der Waals surface area contributed by atoms with Gasteiger partial charge in [0.1, 0.15) is 0 Å². The monoisotopic (exact) mass is 435 g/mol. The number of benzene rings is 2. The Kier molecular flexibility index (Phi) is 6.68.